The topological polar surface area (TPSA) is 43.8 Å². The van der Waals surface area contributed by atoms with E-state index in [9.17, 15) is 9.90 Å². The maximum atomic E-state index is 12.5. The van der Waals surface area contributed by atoms with Crippen LogP contribution in [0.5, 0.6) is 0 Å². The van der Waals surface area contributed by atoms with Gasteiger partial charge in [-0.05, 0) is 35.4 Å². The molecule has 1 atom stereocenters. The fraction of sp³-hybridized carbons (Fsp3) is 0.421. The molecule has 126 valence electrons. The van der Waals surface area contributed by atoms with E-state index in [1.807, 2.05) is 17.5 Å². The number of benzene rings is 1. The van der Waals surface area contributed by atoms with Gasteiger partial charge in [-0.15, -0.1) is 11.3 Å². The van der Waals surface area contributed by atoms with Gasteiger partial charge in [0.05, 0.1) is 17.0 Å². The number of β-amino-alcohol motifs (C(OH)–C–C–N with tert-alkyl or cyclic N) is 1. The third-order valence-electron chi connectivity index (χ3n) is 5.08. The second kappa shape index (κ2) is 6.31. The summed E-state index contributed by atoms with van der Waals surface area (Å²) in [4.78, 5) is 17.3. The Bertz CT molecular complexity index is 731. The zero-order valence-electron chi connectivity index (χ0n) is 13.6. The van der Waals surface area contributed by atoms with Gasteiger partial charge in [-0.3, -0.25) is 9.69 Å². The standard InChI is InChI=1S/C19H22N2O2S/c22-18(17-6-3-11-24-17)21-10-8-19(23,14-21)13-20-9-7-15-4-1-2-5-16(15)12-20/h1-6,11,23H,7-10,12-14H2/t19-/m0/s1. The SMILES string of the molecule is O=C(c1cccs1)N1CC[C@](O)(CN2CCc3ccccc3C2)C1. The Morgan fingerprint density at radius 2 is 2.00 bits per heavy atom. The van der Waals surface area contributed by atoms with Crippen molar-refractivity contribution in [1.82, 2.24) is 9.80 Å². The lowest BCUT2D eigenvalue weighted by Crippen LogP contribution is -2.47. The smallest absolute Gasteiger partial charge is 0.264 e. The molecule has 4 nitrogen and oxygen atoms in total. The molecule has 1 saturated heterocycles. The minimum Gasteiger partial charge on any atom is -0.387 e. The molecule has 1 aromatic carbocycles. The summed E-state index contributed by atoms with van der Waals surface area (Å²) in [5.41, 5.74) is 1.98. The Kier molecular flexibility index (Phi) is 4.16. The number of thiophene rings is 1. The van der Waals surface area contributed by atoms with Crippen LogP contribution < -0.4 is 0 Å². The molecule has 0 spiro atoms. The van der Waals surface area contributed by atoms with Gasteiger partial charge in [0.25, 0.3) is 5.91 Å². The number of hydrogen-bond donors (Lipinski definition) is 1. The van der Waals surface area contributed by atoms with Crippen molar-refractivity contribution in [1.29, 1.82) is 0 Å². The highest BCUT2D eigenvalue weighted by Gasteiger charge is 2.40. The summed E-state index contributed by atoms with van der Waals surface area (Å²) in [7, 11) is 0. The summed E-state index contributed by atoms with van der Waals surface area (Å²) in [6, 6.07) is 12.3. The lowest BCUT2D eigenvalue weighted by Gasteiger charge is -2.34. The second-order valence-corrected chi connectivity index (χ2v) is 7.86. The zero-order valence-corrected chi connectivity index (χ0v) is 14.5. The summed E-state index contributed by atoms with van der Waals surface area (Å²) in [5, 5.41) is 12.9. The van der Waals surface area contributed by atoms with Crippen LogP contribution >= 0.6 is 11.3 Å². The molecule has 2 aliphatic rings. The minimum absolute atomic E-state index is 0.0462. The Labute approximate surface area is 146 Å². The highest BCUT2D eigenvalue weighted by atomic mass is 32.1. The van der Waals surface area contributed by atoms with Crippen molar-refractivity contribution < 1.29 is 9.90 Å². The first-order chi connectivity index (χ1) is 11.6. The highest BCUT2D eigenvalue weighted by molar-refractivity contribution is 7.12. The van der Waals surface area contributed by atoms with E-state index in [0.29, 0.717) is 26.1 Å². The minimum atomic E-state index is -0.792. The van der Waals surface area contributed by atoms with E-state index in [1.54, 1.807) is 4.90 Å². The number of hydrogen-bond acceptors (Lipinski definition) is 4. The van der Waals surface area contributed by atoms with Crippen molar-refractivity contribution in [3.63, 3.8) is 0 Å². The fourth-order valence-corrected chi connectivity index (χ4v) is 4.51. The predicted molar refractivity (Wildman–Crippen MR) is 95.2 cm³/mol. The predicted octanol–water partition coefficient (Wildman–Crippen LogP) is 2.38. The largest absolute Gasteiger partial charge is 0.387 e. The molecule has 0 saturated carbocycles. The van der Waals surface area contributed by atoms with Crippen LogP contribution in [0.15, 0.2) is 41.8 Å². The van der Waals surface area contributed by atoms with E-state index < -0.39 is 5.60 Å². The van der Waals surface area contributed by atoms with Crippen LogP contribution in [0.2, 0.25) is 0 Å². The monoisotopic (exact) mass is 342 g/mol. The Balaban J connectivity index is 1.40. The third kappa shape index (κ3) is 3.11. The summed E-state index contributed by atoms with van der Waals surface area (Å²) < 4.78 is 0. The Morgan fingerprint density at radius 3 is 2.79 bits per heavy atom. The van der Waals surface area contributed by atoms with Crippen LogP contribution in [0.3, 0.4) is 0 Å². The number of carbonyl (C=O) groups is 1. The van der Waals surface area contributed by atoms with Crippen molar-refractivity contribution in [3.05, 3.63) is 57.8 Å². The van der Waals surface area contributed by atoms with Crippen LogP contribution in [-0.4, -0.2) is 52.6 Å². The van der Waals surface area contributed by atoms with E-state index >= 15 is 0 Å². The lowest BCUT2D eigenvalue weighted by molar-refractivity contribution is 0.00810. The lowest BCUT2D eigenvalue weighted by atomic mass is 9.97. The van der Waals surface area contributed by atoms with Gasteiger partial charge in [0.1, 0.15) is 0 Å². The van der Waals surface area contributed by atoms with Crippen LogP contribution in [0, 0.1) is 0 Å². The molecule has 0 radical (unpaired) electrons. The molecular weight excluding hydrogens is 320 g/mol. The van der Waals surface area contributed by atoms with E-state index in [4.69, 9.17) is 0 Å². The number of fused-ring (bicyclic) bond motifs is 1. The molecule has 2 aromatic rings. The van der Waals surface area contributed by atoms with Gasteiger partial charge < -0.3 is 10.0 Å². The van der Waals surface area contributed by atoms with Crippen LogP contribution in [0.4, 0.5) is 0 Å². The van der Waals surface area contributed by atoms with Gasteiger partial charge in [0.2, 0.25) is 0 Å². The average molecular weight is 342 g/mol. The van der Waals surface area contributed by atoms with Gasteiger partial charge >= 0.3 is 0 Å². The van der Waals surface area contributed by atoms with Gasteiger partial charge in [0, 0.05) is 26.2 Å². The zero-order chi connectivity index (χ0) is 16.6. The van der Waals surface area contributed by atoms with E-state index in [1.165, 1.54) is 22.5 Å². The highest BCUT2D eigenvalue weighted by Crippen LogP contribution is 2.27. The molecule has 24 heavy (non-hydrogen) atoms. The van der Waals surface area contributed by atoms with Crippen LogP contribution in [0.25, 0.3) is 0 Å². The van der Waals surface area contributed by atoms with Crippen LogP contribution in [0.1, 0.15) is 27.2 Å². The van der Waals surface area contributed by atoms with Gasteiger partial charge in [-0.1, -0.05) is 30.3 Å². The van der Waals surface area contributed by atoms with Crippen molar-refractivity contribution in [2.45, 2.75) is 25.0 Å². The molecule has 1 N–H and O–H groups in total. The molecule has 0 aliphatic carbocycles. The molecular formula is C19H22N2O2S. The van der Waals surface area contributed by atoms with Gasteiger partial charge in [-0.2, -0.15) is 0 Å². The first kappa shape index (κ1) is 15.8. The number of rotatable bonds is 3. The number of aliphatic hydroxyl groups is 1. The molecule has 1 aromatic heterocycles. The Morgan fingerprint density at radius 1 is 1.17 bits per heavy atom. The number of nitrogens with zero attached hydrogens (tertiary/aromatic N) is 2. The van der Waals surface area contributed by atoms with Crippen molar-refractivity contribution in [3.8, 4) is 0 Å². The van der Waals surface area contributed by atoms with E-state index in [0.717, 1.165) is 24.4 Å². The molecule has 4 rings (SSSR count). The maximum absolute atomic E-state index is 12.5. The van der Waals surface area contributed by atoms with E-state index in [-0.39, 0.29) is 5.91 Å². The molecule has 0 unspecified atom stereocenters. The first-order valence-corrected chi connectivity index (χ1v) is 9.35. The second-order valence-electron chi connectivity index (χ2n) is 6.91. The molecule has 1 amide bonds. The Hall–Kier alpha value is -1.69. The molecule has 1 fully saturated rings. The molecule has 5 heteroatoms. The van der Waals surface area contributed by atoms with Crippen molar-refractivity contribution >= 4 is 17.2 Å². The maximum Gasteiger partial charge on any atom is 0.264 e. The van der Waals surface area contributed by atoms with Crippen molar-refractivity contribution in [2.24, 2.45) is 0 Å². The normalized spacial score (nSPS) is 24.1. The van der Waals surface area contributed by atoms with Gasteiger partial charge in [-0.25, -0.2) is 0 Å². The summed E-state index contributed by atoms with van der Waals surface area (Å²) in [6.45, 7) is 3.56. The first-order valence-electron chi connectivity index (χ1n) is 8.47. The van der Waals surface area contributed by atoms with Crippen molar-refractivity contribution in [2.75, 3.05) is 26.2 Å². The fourth-order valence-electron chi connectivity index (χ4n) is 3.82. The average Bonchev–Trinajstić information content (AvgIpc) is 3.24. The number of carbonyl (C=O) groups excluding carboxylic acids is 1. The summed E-state index contributed by atoms with van der Waals surface area (Å²) in [5.74, 6) is 0.0462. The third-order valence-corrected chi connectivity index (χ3v) is 5.94. The summed E-state index contributed by atoms with van der Waals surface area (Å²) >= 11 is 1.46. The molecule has 3 heterocycles. The molecule has 2 aliphatic heterocycles. The number of likely N-dealkylation sites (tertiary alicyclic amines) is 1. The summed E-state index contributed by atoms with van der Waals surface area (Å²) in [6.07, 6.45) is 1.69. The number of amides is 1. The van der Waals surface area contributed by atoms with Gasteiger partial charge in [0.15, 0.2) is 0 Å². The van der Waals surface area contributed by atoms with E-state index in [2.05, 4.69) is 29.2 Å². The molecule has 0 bridgehead atoms. The quantitative estimate of drug-likeness (QED) is 0.931. The van der Waals surface area contributed by atoms with Crippen LogP contribution in [-0.2, 0) is 13.0 Å².